The molecule has 4 rings (SSSR count). The van der Waals surface area contributed by atoms with Gasteiger partial charge in [0.15, 0.2) is 0 Å². The van der Waals surface area contributed by atoms with Crippen LogP contribution in [0.25, 0.3) is 0 Å². The smallest absolute Gasteiger partial charge is 0.124 e. The van der Waals surface area contributed by atoms with Gasteiger partial charge in [-0.3, -0.25) is 0 Å². The van der Waals surface area contributed by atoms with Crippen molar-refractivity contribution in [3.63, 3.8) is 0 Å². The quantitative estimate of drug-likeness (QED) is 0.201. The summed E-state index contributed by atoms with van der Waals surface area (Å²) in [4.78, 5) is 0. The zero-order valence-electron chi connectivity index (χ0n) is 27.6. The fourth-order valence-corrected chi connectivity index (χ4v) is 4.55. The molecule has 236 valence electrons. The fourth-order valence-electron chi connectivity index (χ4n) is 4.55. The van der Waals surface area contributed by atoms with E-state index >= 15 is 0 Å². The Bertz CT molecular complexity index is 1580. The topological polar surface area (TPSA) is 66.0 Å². The van der Waals surface area contributed by atoms with Gasteiger partial charge in [0, 0.05) is 11.1 Å². The van der Waals surface area contributed by atoms with Crippen LogP contribution in [0.2, 0.25) is 0 Å². The minimum Gasteiger partial charge on any atom is -0.489 e. The molecule has 4 aromatic carbocycles. The molecule has 0 fully saturated rings. The Labute approximate surface area is 272 Å². The summed E-state index contributed by atoms with van der Waals surface area (Å²) in [5, 5.41) is 18.6. The number of nitriles is 2. The van der Waals surface area contributed by atoms with E-state index < -0.39 is 5.41 Å². The minimum absolute atomic E-state index is 0. The Kier molecular flexibility index (Phi) is 13.0. The molecule has 0 saturated carbocycles. The first kappa shape index (κ1) is 36.7. The number of ether oxygens (including phenoxy) is 2. The molecule has 0 unspecified atom stereocenters. The lowest BCUT2D eigenvalue weighted by atomic mass is 9.80. The molecule has 0 aliphatic rings. The van der Waals surface area contributed by atoms with Crippen LogP contribution in [0.3, 0.4) is 0 Å². The third-order valence-electron chi connectivity index (χ3n) is 7.47. The summed E-state index contributed by atoms with van der Waals surface area (Å²) in [6.07, 6.45) is 0.369. The molecule has 4 nitrogen and oxygen atoms in total. The summed E-state index contributed by atoms with van der Waals surface area (Å²) in [6.45, 7) is 17.9. The van der Waals surface area contributed by atoms with Crippen LogP contribution in [0.4, 0.5) is 0 Å². The number of hydrogen-bond donors (Lipinski definition) is 0. The van der Waals surface area contributed by atoms with E-state index in [0.717, 1.165) is 33.8 Å². The second kappa shape index (κ2) is 16.0. The summed E-state index contributed by atoms with van der Waals surface area (Å²) < 4.78 is 11.9. The average molecular weight is 603 g/mol. The van der Waals surface area contributed by atoms with Crippen molar-refractivity contribution in [1.82, 2.24) is 0 Å². The second-order valence-corrected chi connectivity index (χ2v) is 13.7. The molecule has 0 spiro atoms. The monoisotopic (exact) mass is 602 g/mol. The second-order valence-electron chi connectivity index (χ2n) is 13.7. The van der Waals surface area contributed by atoms with E-state index in [0.29, 0.717) is 19.6 Å². The van der Waals surface area contributed by atoms with E-state index in [4.69, 9.17) is 14.7 Å². The first-order valence-electron chi connectivity index (χ1n) is 15.1. The van der Waals surface area contributed by atoms with Gasteiger partial charge in [0.05, 0.1) is 24.0 Å². The van der Waals surface area contributed by atoms with Crippen LogP contribution >= 0.6 is 0 Å². The van der Waals surface area contributed by atoms with Crippen LogP contribution in [-0.2, 0) is 35.9 Å². The van der Waals surface area contributed by atoms with Crippen molar-refractivity contribution in [3.05, 3.63) is 130 Å². The lowest BCUT2D eigenvalue weighted by Gasteiger charge is -2.25. The van der Waals surface area contributed by atoms with Gasteiger partial charge in [-0.05, 0) is 65.1 Å². The Balaban J connectivity index is 0.000000308. The summed E-state index contributed by atoms with van der Waals surface area (Å²) in [5.74, 6) is 1.59. The van der Waals surface area contributed by atoms with E-state index in [1.807, 2.05) is 86.6 Å². The zero-order chi connectivity index (χ0) is 32.4. The summed E-state index contributed by atoms with van der Waals surface area (Å²) in [5.41, 5.74) is 6.11. The first-order valence-corrected chi connectivity index (χ1v) is 15.1. The molecular formula is C41H50N2O2. The summed E-state index contributed by atoms with van der Waals surface area (Å²) in [6, 6.07) is 37.1. The van der Waals surface area contributed by atoms with Crippen LogP contribution in [0, 0.1) is 22.7 Å². The van der Waals surface area contributed by atoms with Crippen molar-refractivity contribution in [2.75, 3.05) is 0 Å². The number of rotatable bonds is 8. The van der Waals surface area contributed by atoms with Crippen LogP contribution in [-0.4, -0.2) is 0 Å². The number of benzene rings is 4. The van der Waals surface area contributed by atoms with Gasteiger partial charge in [0.1, 0.15) is 24.7 Å². The maximum Gasteiger partial charge on any atom is 0.124 e. The Morgan fingerprint density at radius 2 is 1.02 bits per heavy atom. The van der Waals surface area contributed by atoms with Crippen LogP contribution in [0.1, 0.15) is 96.2 Å². The summed E-state index contributed by atoms with van der Waals surface area (Å²) in [7, 11) is 0. The van der Waals surface area contributed by atoms with Crippen molar-refractivity contribution in [2.45, 2.75) is 98.7 Å². The fraction of sp³-hybridized carbons (Fsp3) is 0.366. The molecule has 0 N–H and O–H groups in total. The normalized spacial score (nSPS) is 11.2. The maximum atomic E-state index is 9.55. The van der Waals surface area contributed by atoms with Gasteiger partial charge in [-0.2, -0.15) is 10.5 Å². The third kappa shape index (κ3) is 10.8. The Hall–Kier alpha value is -4.54. The minimum atomic E-state index is -0.590. The van der Waals surface area contributed by atoms with E-state index in [1.165, 1.54) is 11.1 Å². The SMILES string of the molecule is C.CC(C)(C)c1ccc(OCc2ccccc2)c(C(C)(C)C#N)c1.CC(C)(C)c1ccc(OCc2ccccc2)c(CC#N)c1. The largest absolute Gasteiger partial charge is 0.489 e. The van der Waals surface area contributed by atoms with Gasteiger partial charge < -0.3 is 9.47 Å². The van der Waals surface area contributed by atoms with Crippen LogP contribution in [0.5, 0.6) is 11.5 Å². The van der Waals surface area contributed by atoms with E-state index in [2.05, 4.69) is 77.9 Å². The molecular weight excluding hydrogens is 552 g/mol. The highest BCUT2D eigenvalue weighted by Gasteiger charge is 2.27. The molecule has 45 heavy (non-hydrogen) atoms. The van der Waals surface area contributed by atoms with Crippen molar-refractivity contribution < 1.29 is 9.47 Å². The molecule has 0 aromatic heterocycles. The maximum absolute atomic E-state index is 9.55. The van der Waals surface area contributed by atoms with Crippen molar-refractivity contribution in [3.8, 4) is 23.6 Å². The van der Waals surface area contributed by atoms with E-state index in [9.17, 15) is 5.26 Å². The van der Waals surface area contributed by atoms with Crippen molar-refractivity contribution in [2.24, 2.45) is 0 Å². The number of hydrogen-bond acceptors (Lipinski definition) is 4. The van der Waals surface area contributed by atoms with Crippen LogP contribution < -0.4 is 9.47 Å². The third-order valence-corrected chi connectivity index (χ3v) is 7.47. The highest BCUT2D eigenvalue weighted by molar-refractivity contribution is 5.47. The van der Waals surface area contributed by atoms with Crippen LogP contribution in [0.15, 0.2) is 97.1 Å². The molecule has 4 heteroatoms. The standard InChI is InChI=1S/C21H25NO.C19H21NO.CH4/c1-20(2,3)17-11-12-19(18(13-17)21(4,5)15-22)23-14-16-9-7-6-8-10-16;1-19(2,3)17-9-10-18(16(13-17)11-12-20)21-14-15-7-5-4-6-8-15;/h6-13H,14H2,1-5H3;4-10,13H,11,14H2,1-3H3;1H4. The van der Waals surface area contributed by atoms with Gasteiger partial charge >= 0.3 is 0 Å². The lowest BCUT2D eigenvalue weighted by Crippen LogP contribution is -2.19. The van der Waals surface area contributed by atoms with Gasteiger partial charge in [-0.1, -0.05) is 128 Å². The van der Waals surface area contributed by atoms with Crippen molar-refractivity contribution in [1.29, 1.82) is 10.5 Å². The number of nitrogens with zero attached hydrogens (tertiary/aromatic N) is 2. The highest BCUT2D eigenvalue weighted by Crippen LogP contribution is 2.36. The molecule has 0 heterocycles. The predicted molar refractivity (Wildman–Crippen MR) is 187 cm³/mol. The van der Waals surface area contributed by atoms with Gasteiger partial charge in [-0.25, -0.2) is 0 Å². The molecule has 0 aliphatic carbocycles. The molecule has 0 aliphatic heterocycles. The Morgan fingerprint density at radius 1 is 0.578 bits per heavy atom. The van der Waals surface area contributed by atoms with Gasteiger partial charge in [0.25, 0.3) is 0 Å². The van der Waals surface area contributed by atoms with Gasteiger partial charge in [0.2, 0.25) is 0 Å². The highest BCUT2D eigenvalue weighted by atomic mass is 16.5. The van der Waals surface area contributed by atoms with Crippen molar-refractivity contribution >= 4 is 0 Å². The summed E-state index contributed by atoms with van der Waals surface area (Å²) >= 11 is 0. The lowest BCUT2D eigenvalue weighted by molar-refractivity contribution is 0.299. The van der Waals surface area contributed by atoms with E-state index in [-0.39, 0.29) is 18.3 Å². The predicted octanol–water partition coefficient (Wildman–Crippen LogP) is 10.6. The molecule has 0 atom stereocenters. The molecule has 0 bridgehead atoms. The average Bonchev–Trinajstić information content (AvgIpc) is 3.00. The Morgan fingerprint density at radius 3 is 1.47 bits per heavy atom. The molecule has 0 saturated heterocycles. The van der Waals surface area contributed by atoms with E-state index in [1.54, 1.807) is 0 Å². The molecule has 0 amide bonds. The first-order chi connectivity index (χ1) is 20.7. The molecule has 0 radical (unpaired) electrons. The van der Waals surface area contributed by atoms with Gasteiger partial charge in [-0.15, -0.1) is 0 Å². The molecule has 4 aromatic rings. The zero-order valence-corrected chi connectivity index (χ0v) is 27.6.